The molecule has 1 aromatic rings. The van der Waals surface area contributed by atoms with E-state index in [1.54, 1.807) is 12.3 Å². The Balaban J connectivity index is 1.78. The molecule has 0 aliphatic carbocycles. The van der Waals surface area contributed by atoms with Crippen molar-refractivity contribution in [3.05, 3.63) is 24.0 Å². The lowest BCUT2D eigenvalue weighted by Crippen LogP contribution is -2.38. The Bertz CT molecular complexity index is 418. The summed E-state index contributed by atoms with van der Waals surface area (Å²) in [7, 11) is 0. The number of carbonyl (C=O) groups excluding carboxylic acids is 1. The summed E-state index contributed by atoms with van der Waals surface area (Å²) in [5.74, 6) is 0.367. The number of ether oxygens (including phenoxy) is 2. The SMILES string of the molecule is CCO[C@@H]1CN(C(=O)c2ccc[nH]2)[C@H]2COC[C@@H]12. The van der Waals surface area contributed by atoms with Gasteiger partial charge in [-0.3, -0.25) is 4.79 Å². The number of likely N-dealkylation sites (tertiary alicyclic amines) is 1. The van der Waals surface area contributed by atoms with Gasteiger partial charge in [0, 0.05) is 25.3 Å². The molecule has 1 amide bonds. The molecule has 0 spiro atoms. The summed E-state index contributed by atoms with van der Waals surface area (Å²) in [6.07, 6.45) is 1.88. The number of fused-ring (bicyclic) bond motifs is 1. The number of nitrogens with zero attached hydrogens (tertiary/aromatic N) is 1. The second-order valence-electron chi connectivity index (χ2n) is 4.80. The van der Waals surface area contributed by atoms with Crippen molar-refractivity contribution in [2.45, 2.75) is 19.1 Å². The zero-order valence-corrected chi connectivity index (χ0v) is 10.5. The summed E-state index contributed by atoms with van der Waals surface area (Å²) in [5.41, 5.74) is 0.637. The highest BCUT2D eigenvalue weighted by Crippen LogP contribution is 2.32. The molecule has 0 aromatic carbocycles. The van der Waals surface area contributed by atoms with Crippen LogP contribution in [0.1, 0.15) is 17.4 Å². The van der Waals surface area contributed by atoms with Crippen LogP contribution in [0, 0.1) is 5.92 Å². The topological polar surface area (TPSA) is 54.6 Å². The van der Waals surface area contributed by atoms with Gasteiger partial charge in [0.15, 0.2) is 0 Å². The minimum Gasteiger partial charge on any atom is -0.379 e. The highest BCUT2D eigenvalue weighted by atomic mass is 16.5. The van der Waals surface area contributed by atoms with Crippen LogP contribution in [0.15, 0.2) is 18.3 Å². The molecule has 3 heterocycles. The average molecular weight is 250 g/mol. The van der Waals surface area contributed by atoms with Crippen LogP contribution in [0.2, 0.25) is 0 Å². The maximum atomic E-state index is 12.4. The van der Waals surface area contributed by atoms with Crippen LogP contribution in [0.25, 0.3) is 0 Å². The normalized spacial score (nSPS) is 30.7. The first kappa shape index (κ1) is 11.7. The average Bonchev–Trinajstić information content (AvgIpc) is 3.07. The van der Waals surface area contributed by atoms with E-state index in [4.69, 9.17) is 9.47 Å². The van der Waals surface area contributed by atoms with Crippen LogP contribution in [0.5, 0.6) is 0 Å². The molecule has 0 radical (unpaired) electrons. The fourth-order valence-corrected chi connectivity index (χ4v) is 2.94. The van der Waals surface area contributed by atoms with Crippen molar-refractivity contribution in [1.82, 2.24) is 9.88 Å². The highest BCUT2D eigenvalue weighted by Gasteiger charge is 2.48. The van der Waals surface area contributed by atoms with Crippen molar-refractivity contribution >= 4 is 5.91 Å². The predicted octanol–water partition coefficient (Wildman–Crippen LogP) is 0.891. The minimum atomic E-state index is 0.0442. The van der Waals surface area contributed by atoms with Crippen molar-refractivity contribution in [1.29, 1.82) is 0 Å². The Hall–Kier alpha value is -1.33. The molecule has 18 heavy (non-hydrogen) atoms. The van der Waals surface area contributed by atoms with Gasteiger partial charge in [-0.2, -0.15) is 0 Å². The lowest BCUT2D eigenvalue weighted by atomic mass is 10.0. The number of aromatic amines is 1. The van der Waals surface area contributed by atoms with E-state index in [1.165, 1.54) is 0 Å². The van der Waals surface area contributed by atoms with Crippen LogP contribution in [0.4, 0.5) is 0 Å². The maximum Gasteiger partial charge on any atom is 0.270 e. The molecule has 0 saturated carbocycles. The van der Waals surface area contributed by atoms with E-state index in [-0.39, 0.29) is 18.1 Å². The van der Waals surface area contributed by atoms with Crippen LogP contribution < -0.4 is 0 Å². The second kappa shape index (κ2) is 4.74. The van der Waals surface area contributed by atoms with Gasteiger partial charge in [0.2, 0.25) is 0 Å². The molecule has 2 saturated heterocycles. The molecule has 0 bridgehead atoms. The van der Waals surface area contributed by atoms with Gasteiger partial charge < -0.3 is 19.4 Å². The van der Waals surface area contributed by atoms with E-state index in [1.807, 2.05) is 17.9 Å². The van der Waals surface area contributed by atoms with E-state index in [0.29, 0.717) is 38.0 Å². The van der Waals surface area contributed by atoms with E-state index < -0.39 is 0 Å². The van der Waals surface area contributed by atoms with Crippen molar-refractivity contribution < 1.29 is 14.3 Å². The third kappa shape index (κ3) is 1.83. The summed E-state index contributed by atoms with van der Waals surface area (Å²) in [6.45, 7) is 4.66. The van der Waals surface area contributed by atoms with E-state index in [9.17, 15) is 4.79 Å². The van der Waals surface area contributed by atoms with Crippen molar-refractivity contribution in [3.8, 4) is 0 Å². The summed E-state index contributed by atoms with van der Waals surface area (Å²) in [4.78, 5) is 17.2. The Labute approximate surface area is 106 Å². The number of nitrogens with one attached hydrogen (secondary N) is 1. The summed E-state index contributed by atoms with van der Waals surface area (Å²) in [6, 6.07) is 3.81. The molecule has 5 heteroatoms. The molecule has 2 aliphatic heterocycles. The van der Waals surface area contributed by atoms with Gasteiger partial charge in [-0.1, -0.05) is 0 Å². The van der Waals surface area contributed by atoms with Gasteiger partial charge in [0.1, 0.15) is 5.69 Å². The molecular formula is C13H18N2O3. The molecule has 3 atom stereocenters. The number of hydrogen-bond acceptors (Lipinski definition) is 3. The Morgan fingerprint density at radius 3 is 3.22 bits per heavy atom. The molecular weight excluding hydrogens is 232 g/mol. The van der Waals surface area contributed by atoms with Gasteiger partial charge in [0.25, 0.3) is 5.91 Å². The molecule has 1 aromatic heterocycles. The summed E-state index contributed by atoms with van der Waals surface area (Å²) < 4.78 is 11.2. The zero-order chi connectivity index (χ0) is 12.5. The monoisotopic (exact) mass is 250 g/mol. The lowest BCUT2D eigenvalue weighted by Gasteiger charge is -2.21. The first-order valence-electron chi connectivity index (χ1n) is 6.45. The molecule has 1 N–H and O–H groups in total. The number of aromatic nitrogens is 1. The van der Waals surface area contributed by atoms with Gasteiger partial charge in [0.05, 0.1) is 25.4 Å². The Morgan fingerprint density at radius 2 is 2.50 bits per heavy atom. The Kier molecular flexibility index (Phi) is 3.09. The van der Waals surface area contributed by atoms with Crippen molar-refractivity contribution in [2.75, 3.05) is 26.4 Å². The molecule has 98 valence electrons. The van der Waals surface area contributed by atoms with Gasteiger partial charge >= 0.3 is 0 Å². The first-order chi connectivity index (χ1) is 8.81. The summed E-state index contributed by atoms with van der Waals surface area (Å²) >= 11 is 0. The van der Waals surface area contributed by atoms with Gasteiger partial charge in [-0.05, 0) is 19.1 Å². The first-order valence-corrected chi connectivity index (χ1v) is 6.45. The number of rotatable bonds is 3. The molecule has 5 nitrogen and oxygen atoms in total. The van der Waals surface area contributed by atoms with Crippen LogP contribution in [-0.2, 0) is 9.47 Å². The van der Waals surface area contributed by atoms with E-state index >= 15 is 0 Å². The third-order valence-electron chi connectivity index (χ3n) is 3.82. The summed E-state index contributed by atoms with van der Waals surface area (Å²) in [5, 5.41) is 0. The predicted molar refractivity (Wildman–Crippen MR) is 65.3 cm³/mol. The van der Waals surface area contributed by atoms with E-state index in [2.05, 4.69) is 4.98 Å². The maximum absolute atomic E-state index is 12.4. The number of carbonyl (C=O) groups is 1. The van der Waals surface area contributed by atoms with Crippen molar-refractivity contribution in [3.63, 3.8) is 0 Å². The number of H-pyrrole nitrogens is 1. The fraction of sp³-hybridized carbons (Fsp3) is 0.615. The quantitative estimate of drug-likeness (QED) is 0.867. The number of hydrogen-bond donors (Lipinski definition) is 1. The second-order valence-corrected chi connectivity index (χ2v) is 4.80. The number of amides is 1. The van der Waals surface area contributed by atoms with E-state index in [0.717, 1.165) is 0 Å². The largest absolute Gasteiger partial charge is 0.379 e. The zero-order valence-electron chi connectivity index (χ0n) is 10.5. The van der Waals surface area contributed by atoms with Gasteiger partial charge in [-0.25, -0.2) is 0 Å². The molecule has 2 aliphatic rings. The lowest BCUT2D eigenvalue weighted by molar-refractivity contribution is 0.0256. The van der Waals surface area contributed by atoms with Gasteiger partial charge in [-0.15, -0.1) is 0 Å². The van der Waals surface area contributed by atoms with Crippen LogP contribution >= 0.6 is 0 Å². The Morgan fingerprint density at radius 1 is 1.61 bits per heavy atom. The molecule has 2 fully saturated rings. The molecule has 0 unspecified atom stereocenters. The standard InChI is InChI=1S/C13H18N2O3/c1-2-18-12-6-15(11-8-17-7-9(11)12)13(16)10-4-3-5-14-10/h3-5,9,11-12,14H,2,6-8H2,1H3/t9-,11+,12-/m1/s1. The minimum absolute atomic E-state index is 0.0442. The fourth-order valence-electron chi connectivity index (χ4n) is 2.94. The van der Waals surface area contributed by atoms with Crippen LogP contribution in [0.3, 0.4) is 0 Å². The smallest absolute Gasteiger partial charge is 0.270 e. The van der Waals surface area contributed by atoms with Crippen LogP contribution in [-0.4, -0.2) is 54.3 Å². The molecule has 3 rings (SSSR count). The third-order valence-corrected chi connectivity index (χ3v) is 3.82. The highest BCUT2D eigenvalue weighted by molar-refractivity contribution is 5.93. The van der Waals surface area contributed by atoms with Crippen molar-refractivity contribution in [2.24, 2.45) is 5.92 Å².